The maximum absolute atomic E-state index is 11.6. The predicted molar refractivity (Wildman–Crippen MR) is 82.7 cm³/mol. The van der Waals surface area contributed by atoms with E-state index in [4.69, 9.17) is 17.0 Å². The Kier molecular flexibility index (Phi) is 9.68. The molecule has 122 valence electrons. The summed E-state index contributed by atoms with van der Waals surface area (Å²) in [5.41, 5.74) is -0.678. The van der Waals surface area contributed by atoms with E-state index in [-0.39, 0.29) is 36.0 Å². The van der Waals surface area contributed by atoms with Gasteiger partial charge >= 0.3 is 35.7 Å². The van der Waals surface area contributed by atoms with Crippen molar-refractivity contribution >= 4 is 24.3 Å². The summed E-state index contributed by atoms with van der Waals surface area (Å²) < 4.78 is 7.68. The van der Waals surface area contributed by atoms with E-state index in [1.54, 1.807) is 32.9 Å². The zero-order valence-electron chi connectivity index (χ0n) is 14.0. The predicted octanol–water partition coefficient (Wildman–Crippen LogP) is -1.36. The van der Waals surface area contributed by atoms with Crippen molar-refractivity contribution in [2.24, 2.45) is 0 Å². The summed E-state index contributed by atoms with van der Waals surface area (Å²) in [5.74, 6) is -1.32. The van der Waals surface area contributed by atoms with Crippen LogP contribution in [0.4, 0.5) is 4.79 Å². The Morgan fingerprint density at radius 2 is 1.91 bits per heavy atom. The van der Waals surface area contributed by atoms with E-state index >= 15 is 0 Å². The molecule has 1 rings (SSSR count). The molecule has 1 N–H and O–H groups in total. The number of hydrogen-bond acceptors (Lipinski definition) is 5. The SMILES string of the molecule is CC(C)(C)OC(=O)N[C@@H](CCCn1ccc(=S)cc1)C(=O)[O-].[Na+]. The van der Waals surface area contributed by atoms with Crippen LogP contribution in [0.15, 0.2) is 24.5 Å². The normalized spacial score (nSPS) is 12.0. The monoisotopic (exact) mass is 348 g/mol. The summed E-state index contributed by atoms with van der Waals surface area (Å²) in [7, 11) is 0. The minimum absolute atomic E-state index is 0. The van der Waals surface area contributed by atoms with Crippen molar-refractivity contribution in [3.8, 4) is 0 Å². The molecular formula is C15H21N2NaO4S. The number of aromatic nitrogens is 1. The number of ether oxygens (including phenoxy) is 1. The van der Waals surface area contributed by atoms with Gasteiger partial charge in [-0.2, -0.15) is 0 Å². The number of alkyl carbamates (subject to hydrolysis) is 1. The number of aliphatic carboxylic acids is 1. The average molecular weight is 348 g/mol. The average Bonchev–Trinajstić information content (AvgIpc) is 2.37. The number of amides is 1. The molecule has 0 saturated heterocycles. The van der Waals surface area contributed by atoms with Crippen LogP contribution in [0, 0.1) is 4.51 Å². The van der Waals surface area contributed by atoms with Gasteiger partial charge in [0.15, 0.2) is 0 Å². The Morgan fingerprint density at radius 3 is 2.39 bits per heavy atom. The topological polar surface area (TPSA) is 83.4 Å². The Morgan fingerprint density at radius 1 is 1.35 bits per heavy atom. The molecule has 0 spiro atoms. The smallest absolute Gasteiger partial charge is 0.548 e. The number of rotatable bonds is 6. The number of carboxylic acids is 1. The second-order valence-electron chi connectivity index (χ2n) is 5.93. The Bertz CT molecular complexity index is 563. The summed E-state index contributed by atoms with van der Waals surface area (Å²) in [6, 6.07) is 2.52. The molecule has 0 aliphatic rings. The van der Waals surface area contributed by atoms with Gasteiger partial charge in [-0.05, 0) is 45.7 Å². The first-order valence-electron chi connectivity index (χ1n) is 7.04. The molecule has 1 amide bonds. The minimum Gasteiger partial charge on any atom is -0.548 e. The summed E-state index contributed by atoms with van der Waals surface area (Å²) in [6.07, 6.45) is 3.72. The third kappa shape index (κ3) is 9.76. The van der Waals surface area contributed by atoms with Crippen molar-refractivity contribution in [3.05, 3.63) is 29.0 Å². The first-order valence-corrected chi connectivity index (χ1v) is 7.45. The van der Waals surface area contributed by atoms with Crippen molar-refractivity contribution in [1.82, 2.24) is 9.88 Å². The molecule has 1 heterocycles. The molecule has 8 heteroatoms. The zero-order valence-corrected chi connectivity index (χ0v) is 16.8. The molecule has 0 radical (unpaired) electrons. The quantitative estimate of drug-likeness (QED) is 0.507. The molecule has 0 aromatic carbocycles. The van der Waals surface area contributed by atoms with E-state index < -0.39 is 23.7 Å². The van der Waals surface area contributed by atoms with Gasteiger partial charge in [-0.1, -0.05) is 12.2 Å². The molecule has 0 bridgehead atoms. The Labute approximate surface area is 163 Å². The number of nitrogens with one attached hydrogen (secondary N) is 1. The number of aryl methyl sites for hydroxylation is 1. The summed E-state index contributed by atoms with van der Waals surface area (Å²) in [6.45, 7) is 5.75. The summed E-state index contributed by atoms with van der Waals surface area (Å²) in [4.78, 5) is 22.7. The van der Waals surface area contributed by atoms with E-state index in [0.29, 0.717) is 13.0 Å². The van der Waals surface area contributed by atoms with Crippen LogP contribution in [0.3, 0.4) is 0 Å². The van der Waals surface area contributed by atoms with Crippen molar-refractivity contribution in [2.45, 2.75) is 51.8 Å². The number of carbonyl (C=O) groups is 2. The summed E-state index contributed by atoms with van der Waals surface area (Å²) in [5, 5.41) is 13.4. The largest absolute Gasteiger partial charge is 1.00 e. The number of pyridine rings is 1. The number of carbonyl (C=O) groups excluding carboxylic acids is 2. The van der Waals surface area contributed by atoms with Crippen molar-refractivity contribution in [2.75, 3.05) is 0 Å². The van der Waals surface area contributed by atoms with Crippen LogP contribution < -0.4 is 40.0 Å². The van der Waals surface area contributed by atoms with Gasteiger partial charge in [0.1, 0.15) is 5.60 Å². The molecule has 0 fully saturated rings. The molecule has 1 aromatic rings. The fourth-order valence-electron chi connectivity index (χ4n) is 1.77. The molecule has 1 aromatic heterocycles. The van der Waals surface area contributed by atoms with Crippen LogP contribution in [0.2, 0.25) is 0 Å². The molecule has 0 unspecified atom stereocenters. The van der Waals surface area contributed by atoms with E-state index in [2.05, 4.69) is 5.32 Å². The van der Waals surface area contributed by atoms with Crippen molar-refractivity contribution in [3.63, 3.8) is 0 Å². The second-order valence-corrected chi connectivity index (χ2v) is 6.40. The maximum atomic E-state index is 11.6. The molecule has 0 aliphatic heterocycles. The molecular weight excluding hydrogens is 327 g/mol. The third-order valence-electron chi connectivity index (χ3n) is 2.75. The molecule has 1 atom stereocenters. The van der Waals surface area contributed by atoms with Crippen molar-refractivity contribution < 1.29 is 49.0 Å². The first-order chi connectivity index (χ1) is 10.2. The van der Waals surface area contributed by atoms with Crippen LogP contribution in [0.25, 0.3) is 0 Å². The van der Waals surface area contributed by atoms with Gasteiger partial charge < -0.3 is 24.5 Å². The molecule has 6 nitrogen and oxygen atoms in total. The van der Waals surface area contributed by atoms with Gasteiger partial charge in [-0.25, -0.2) is 4.79 Å². The second kappa shape index (κ2) is 10.1. The van der Waals surface area contributed by atoms with E-state index in [0.717, 1.165) is 4.51 Å². The number of hydrogen-bond donors (Lipinski definition) is 1. The van der Waals surface area contributed by atoms with Crippen LogP contribution in [-0.4, -0.2) is 28.3 Å². The van der Waals surface area contributed by atoms with Crippen LogP contribution in [-0.2, 0) is 16.1 Å². The van der Waals surface area contributed by atoms with Gasteiger partial charge in [0, 0.05) is 23.4 Å². The Hall–Kier alpha value is -0.890. The number of carboxylic acid groups (broad SMARTS) is 1. The number of nitrogens with zero attached hydrogens (tertiary/aromatic N) is 1. The van der Waals surface area contributed by atoms with E-state index in [1.165, 1.54) is 0 Å². The fraction of sp³-hybridized carbons (Fsp3) is 0.533. The van der Waals surface area contributed by atoms with Gasteiger partial charge in [0.05, 0.1) is 12.0 Å². The van der Waals surface area contributed by atoms with Gasteiger partial charge in [0.25, 0.3) is 0 Å². The van der Waals surface area contributed by atoms with Gasteiger partial charge in [-0.3, -0.25) is 0 Å². The minimum atomic E-state index is -1.32. The van der Waals surface area contributed by atoms with Gasteiger partial charge in [-0.15, -0.1) is 0 Å². The Balaban J connectivity index is 0.00000484. The first kappa shape index (κ1) is 22.1. The molecule has 0 aliphatic carbocycles. The molecule has 0 saturated carbocycles. The standard InChI is InChI=1S/C15H22N2O4S.Na/c1-15(2,3)21-14(20)16-12(13(18)19)5-4-8-17-9-6-11(22)7-10-17;/h6-7,9-10,12H,4-5,8H2,1-3H3,(H,16,20)(H,18,19);/q;+1/p-1/t12-;/m0./s1. The zero-order chi connectivity index (χ0) is 16.8. The third-order valence-corrected chi connectivity index (χ3v) is 3.02. The van der Waals surface area contributed by atoms with Crippen LogP contribution in [0.5, 0.6) is 0 Å². The van der Waals surface area contributed by atoms with Crippen LogP contribution in [0.1, 0.15) is 33.6 Å². The summed E-state index contributed by atoms with van der Waals surface area (Å²) >= 11 is 4.99. The van der Waals surface area contributed by atoms with Crippen LogP contribution >= 0.6 is 12.2 Å². The molecule has 23 heavy (non-hydrogen) atoms. The maximum Gasteiger partial charge on any atom is 1.00 e. The van der Waals surface area contributed by atoms with E-state index in [1.807, 2.05) is 17.0 Å². The van der Waals surface area contributed by atoms with Crippen molar-refractivity contribution in [1.29, 1.82) is 0 Å². The van der Waals surface area contributed by atoms with Gasteiger partial charge in [0.2, 0.25) is 0 Å². The van der Waals surface area contributed by atoms with E-state index in [9.17, 15) is 14.7 Å². The fourth-order valence-corrected chi connectivity index (χ4v) is 1.89.